The molecule has 2 fully saturated rings. The standard InChI is InChI=1S/C16H30O5/c1-5-6-7-8-9-10-18-13-12(11(2)17)19-15-14(13)20-16(3,4)21-15/h11-15,17H,5-10H2,1-4H3/t11-,12-,13+,14-,15-/m1/s1. The lowest BCUT2D eigenvalue weighted by atomic mass is 10.1. The summed E-state index contributed by atoms with van der Waals surface area (Å²) in [6, 6.07) is 0. The molecule has 5 atom stereocenters. The second-order valence-electron chi connectivity index (χ2n) is 6.56. The Kier molecular flexibility index (Phi) is 6.03. The van der Waals surface area contributed by atoms with Crippen LogP contribution in [0.25, 0.3) is 0 Å². The molecule has 5 nitrogen and oxygen atoms in total. The van der Waals surface area contributed by atoms with E-state index in [0.29, 0.717) is 6.61 Å². The van der Waals surface area contributed by atoms with Gasteiger partial charge >= 0.3 is 0 Å². The second kappa shape index (κ2) is 7.38. The Balaban J connectivity index is 1.82. The Morgan fingerprint density at radius 3 is 2.52 bits per heavy atom. The van der Waals surface area contributed by atoms with Crippen LogP contribution in [0.2, 0.25) is 0 Å². The first-order valence-electron chi connectivity index (χ1n) is 8.25. The molecule has 0 unspecified atom stereocenters. The maximum Gasteiger partial charge on any atom is 0.190 e. The maximum atomic E-state index is 9.86. The first-order chi connectivity index (χ1) is 9.94. The summed E-state index contributed by atoms with van der Waals surface area (Å²) in [5, 5.41) is 9.86. The van der Waals surface area contributed by atoms with Crippen molar-refractivity contribution in [1.29, 1.82) is 0 Å². The predicted molar refractivity (Wildman–Crippen MR) is 78.9 cm³/mol. The summed E-state index contributed by atoms with van der Waals surface area (Å²) in [5.41, 5.74) is 0. The van der Waals surface area contributed by atoms with E-state index < -0.39 is 18.2 Å². The number of hydrogen-bond acceptors (Lipinski definition) is 5. The molecule has 2 aliphatic heterocycles. The van der Waals surface area contributed by atoms with Gasteiger partial charge in [-0.3, -0.25) is 0 Å². The van der Waals surface area contributed by atoms with Crippen LogP contribution in [0.5, 0.6) is 0 Å². The van der Waals surface area contributed by atoms with E-state index in [1.54, 1.807) is 6.92 Å². The Morgan fingerprint density at radius 1 is 1.14 bits per heavy atom. The van der Waals surface area contributed by atoms with Gasteiger partial charge in [-0.05, 0) is 27.2 Å². The largest absolute Gasteiger partial charge is 0.391 e. The number of aliphatic hydroxyl groups excluding tert-OH is 1. The third-order valence-electron chi connectivity index (χ3n) is 4.06. The van der Waals surface area contributed by atoms with Crippen LogP contribution in [0.1, 0.15) is 59.8 Å². The Labute approximate surface area is 127 Å². The third-order valence-corrected chi connectivity index (χ3v) is 4.06. The van der Waals surface area contributed by atoms with Crippen LogP contribution >= 0.6 is 0 Å². The van der Waals surface area contributed by atoms with Crippen molar-refractivity contribution in [2.75, 3.05) is 6.61 Å². The van der Waals surface area contributed by atoms with Gasteiger partial charge in [0.05, 0.1) is 6.10 Å². The molecule has 0 aromatic heterocycles. The van der Waals surface area contributed by atoms with Gasteiger partial charge in [-0.2, -0.15) is 0 Å². The summed E-state index contributed by atoms with van der Waals surface area (Å²) >= 11 is 0. The summed E-state index contributed by atoms with van der Waals surface area (Å²) in [6.07, 6.45) is 4.04. The molecule has 0 spiro atoms. The lowest BCUT2D eigenvalue weighted by Crippen LogP contribution is -2.41. The number of rotatable bonds is 8. The van der Waals surface area contributed by atoms with Gasteiger partial charge < -0.3 is 24.1 Å². The van der Waals surface area contributed by atoms with Crippen LogP contribution in [0.15, 0.2) is 0 Å². The van der Waals surface area contributed by atoms with E-state index in [4.69, 9.17) is 18.9 Å². The zero-order chi connectivity index (χ0) is 15.5. The van der Waals surface area contributed by atoms with Gasteiger partial charge in [0.2, 0.25) is 0 Å². The number of unbranched alkanes of at least 4 members (excludes halogenated alkanes) is 4. The molecule has 2 saturated heterocycles. The first-order valence-corrected chi connectivity index (χ1v) is 8.25. The zero-order valence-electron chi connectivity index (χ0n) is 13.7. The van der Waals surface area contributed by atoms with Crippen LogP contribution in [0, 0.1) is 0 Å². The van der Waals surface area contributed by atoms with Crippen molar-refractivity contribution in [3.63, 3.8) is 0 Å². The quantitative estimate of drug-likeness (QED) is 0.698. The van der Waals surface area contributed by atoms with Crippen molar-refractivity contribution in [2.24, 2.45) is 0 Å². The van der Waals surface area contributed by atoms with Gasteiger partial charge in [0.15, 0.2) is 12.1 Å². The van der Waals surface area contributed by atoms with Crippen molar-refractivity contribution in [1.82, 2.24) is 0 Å². The van der Waals surface area contributed by atoms with Gasteiger partial charge in [-0.25, -0.2) is 0 Å². The Hall–Kier alpha value is -0.200. The van der Waals surface area contributed by atoms with Crippen molar-refractivity contribution < 1.29 is 24.1 Å². The summed E-state index contributed by atoms with van der Waals surface area (Å²) in [7, 11) is 0. The van der Waals surface area contributed by atoms with E-state index in [1.807, 2.05) is 13.8 Å². The Morgan fingerprint density at radius 2 is 1.86 bits per heavy atom. The lowest BCUT2D eigenvalue weighted by Gasteiger charge is -2.27. The normalized spacial score (nSPS) is 35.9. The highest BCUT2D eigenvalue weighted by Crippen LogP contribution is 2.39. The average Bonchev–Trinajstić information content (AvgIpc) is 2.86. The molecule has 21 heavy (non-hydrogen) atoms. The van der Waals surface area contributed by atoms with Crippen LogP contribution < -0.4 is 0 Å². The number of fused-ring (bicyclic) bond motifs is 1. The molecule has 0 radical (unpaired) electrons. The highest BCUT2D eigenvalue weighted by molar-refractivity contribution is 4.96. The lowest BCUT2D eigenvalue weighted by molar-refractivity contribution is -0.228. The van der Waals surface area contributed by atoms with E-state index in [1.165, 1.54) is 25.7 Å². The van der Waals surface area contributed by atoms with Crippen LogP contribution in [-0.2, 0) is 18.9 Å². The molecule has 124 valence electrons. The minimum Gasteiger partial charge on any atom is -0.391 e. The molecule has 2 aliphatic rings. The molecule has 2 heterocycles. The molecule has 5 heteroatoms. The van der Waals surface area contributed by atoms with E-state index in [-0.39, 0.29) is 18.3 Å². The smallest absolute Gasteiger partial charge is 0.190 e. The van der Waals surface area contributed by atoms with Gasteiger partial charge in [-0.15, -0.1) is 0 Å². The molecule has 0 aromatic rings. The van der Waals surface area contributed by atoms with E-state index in [9.17, 15) is 5.11 Å². The topological polar surface area (TPSA) is 57.2 Å². The molecule has 0 aliphatic carbocycles. The fraction of sp³-hybridized carbons (Fsp3) is 1.00. The van der Waals surface area contributed by atoms with Crippen molar-refractivity contribution in [3.05, 3.63) is 0 Å². The highest BCUT2D eigenvalue weighted by atomic mass is 16.8. The molecular weight excluding hydrogens is 272 g/mol. The average molecular weight is 302 g/mol. The van der Waals surface area contributed by atoms with Crippen molar-refractivity contribution in [3.8, 4) is 0 Å². The van der Waals surface area contributed by atoms with E-state index in [2.05, 4.69) is 6.92 Å². The summed E-state index contributed by atoms with van der Waals surface area (Å²) < 4.78 is 23.3. The monoisotopic (exact) mass is 302 g/mol. The Bertz CT molecular complexity index is 318. The SMILES string of the molecule is CCCCCCCO[C@@H]1[C@H]2OC(C)(C)O[C@H]2O[C@@H]1[C@@H](C)O. The number of aliphatic hydroxyl groups is 1. The van der Waals surface area contributed by atoms with Crippen LogP contribution in [0.3, 0.4) is 0 Å². The summed E-state index contributed by atoms with van der Waals surface area (Å²) in [6.45, 7) is 8.34. The molecule has 0 amide bonds. The maximum absolute atomic E-state index is 9.86. The summed E-state index contributed by atoms with van der Waals surface area (Å²) in [4.78, 5) is 0. The number of hydrogen-bond donors (Lipinski definition) is 1. The second-order valence-corrected chi connectivity index (χ2v) is 6.56. The molecule has 2 rings (SSSR count). The molecule has 0 bridgehead atoms. The van der Waals surface area contributed by atoms with Gasteiger partial charge in [0.1, 0.15) is 18.3 Å². The first kappa shape index (κ1) is 17.2. The fourth-order valence-electron chi connectivity index (χ4n) is 3.01. The van der Waals surface area contributed by atoms with E-state index in [0.717, 1.165) is 6.42 Å². The predicted octanol–water partition coefficient (Wildman–Crippen LogP) is 2.60. The molecule has 0 aromatic carbocycles. The third kappa shape index (κ3) is 4.39. The fourth-order valence-corrected chi connectivity index (χ4v) is 3.01. The van der Waals surface area contributed by atoms with Gasteiger partial charge in [-0.1, -0.05) is 32.6 Å². The molecular formula is C16H30O5. The van der Waals surface area contributed by atoms with Gasteiger partial charge in [0.25, 0.3) is 0 Å². The summed E-state index contributed by atoms with van der Waals surface area (Å²) in [5.74, 6) is -0.651. The minimum absolute atomic E-state index is 0.254. The van der Waals surface area contributed by atoms with E-state index >= 15 is 0 Å². The number of ether oxygens (including phenoxy) is 4. The highest BCUT2D eigenvalue weighted by Gasteiger charge is 2.56. The molecule has 1 N–H and O–H groups in total. The zero-order valence-corrected chi connectivity index (χ0v) is 13.7. The van der Waals surface area contributed by atoms with Crippen molar-refractivity contribution >= 4 is 0 Å². The van der Waals surface area contributed by atoms with Crippen LogP contribution in [0.4, 0.5) is 0 Å². The minimum atomic E-state index is -0.651. The molecule has 0 saturated carbocycles. The van der Waals surface area contributed by atoms with Crippen LogP contribution in [-0.4, -0.2) is 48.2 Å². The van der Waals surface area contributed by atoms with Crippen molar-refractivity contribution in [2.45, 2.75) is 96.3 Å². The van der Waals surface area contributed by atoms with Gasteiger partial charge in [0, 0.05) is 6.61 Å².